The van der Waals surface area contributed by atoms with Crippen molar-refractivity contribution >= 4 is 23.5 Å². The summed E-state index contributed by atoms with van der Waals surface area (Å²) in [4.78, 5) is 9.15. The van der Waals surface area contributed by atoms with Crippen molar-refractivity contribution in [1.82, 2.24) is 9.97 Å². The van der Waals surface area contributed by atoms with E-state index in [0.29, 0.717) is 0 Å². The number of hydrogen-bond acceptors (Lipinski definition) is 4. The zero-order valence-corrected chi connectivity index (χ0v) is 12.0. The van der Waals surface area contributed by atoms with Gasteiger partial charge in [0.1, 0.15) is 0 Å². The Bertz CT molecular complexity index is 482. The Hall–Kier alpha value is -0.910. The summed E-state index contributed by atoms with van der Waals surface area (Å²) in [6.45, 7) is 2.79. The average molecular weight is 279 g/mol. The lowest BCUT2D eigenvalue weighted by atomic mass is 10.4. The molecule has 0 aliphatic carbocycles. The van der Waals surface area contributed by atoms with Crippen LogP contribution >= 0.6 is 23.5 Å². The van der Waals surface area contributed by atoms with Gasteiger partial charge in [-0.05, 0) is 19.1 Å². The summed E-state index contributed by atoms with van der Waals surface area (Å²) in [5, 5.41) is 0.960. The predicted octanol–water partition coefficient (Wildman–Crippen LogP) is 3.06. The molecule has 0 radical (unpaired) electrons. The van der Waals surface area contributed by atoms with Gasteiger partial charge in [-0.2, -0.15) is 11.8 Å². The Kier molecular flexibility index (Phi) is 5.16. The normalized spacial score (nSPS) is 10.8. The topological polar surface area (TPSA) is 54.7 Å². The number of aryl methyl sites for hydroxylation is 1. The van der Waals surface area contributed by atoms with Gasteiger partial charge in [0.05, 0.1) is 5.69 Å². The van der Waals surface area contributed by atoms with Crippen LogP contribution in [0.4, 0.5) is 0 Å². The largest absolute Gasteiger partial charge is 0.337 e. The zero-order valence-electron chi connectivity index (χ0n) is 10.3. The maximum atomic E-state index is 5.48. The van der Waals surface area contributed by atoms with Crippen LogP contribution < -0.4 is 5.73 Å². The van der Waals surface area contributed by atoms with E-state index in [0.717, 1.165) is 34.6 Å². The molecular weight excluding hydrogens is 262 g/mol. The van der Waals surface area contributed by atoms with E-state index in [2.05, 4.69) is 29.0 Å². The molecule has 1 heterocycles. The minimum atomic E-state index is 0.722. The van der Waals surface area contributed by atoms with Gasteiger partial charge in [-0.1, -0.05) is 30.0 Å². The van der Waals surface area contributed by atoms with E-state index in [4.69, 9.17) is 5.73 Å². The molecule has 2 rings (SSSR count). The van der Waals surface area contributed by atoms with Gasteiger partial charge in [0.15, 0.2) is 5.16 Å². The first-order valence-corrected chi connectivity index (χ1v) is 7.83. The zero-order chi connectivity index (χ0) is 12.8. The fourth-order valence-corrected chi connectivity index (χ4v) is 3.17. The summed E-state index contributed by atoms with van der Waals surface area (Å²) in [6.07, 6.45) is 0. The maximum absolute atomic E-state index is 5.48. The van der Waals surface area contributed by atoms with E-state index in [9.17, 15) is 0 Å². The molecule has 2 aromatic rings. The van der Waals surface area contributed by atoms with Crippen LogP contribution in [0.1, 0.15) is 11.4 Å². The van der Waals surface area contributed by atoms with Gasteiger partial charge < -0.3 is 10.7 Å². The van der Waals surface area contributed by atoms with Crippen molar-refractivity contribution < 1.29 is 0 Å². The highest BCUT2D eigenvalue weighted by Gasteiger charge is 2.07. The maximum Gasteiger partial charge on any atom is 0.170 e. The molecule has 0 saturated carbocycles. The number of nitrogens with two attached hydrogens (primary N) is 1. The number of thioether (sulfide) groups is 1. The number of hydrogen-bond donors (Lipinski definition) is 2. The molecule has 0 amide bonds. The van der Waals surface area contributed by atoms with Crippen molar-refractivity contribution in [2.75, 3.05) is 12.3 Å². The molecule has 0 aliphatic rings. The number of benzene rings is 1. The summed E-state index contributed by atoms with van der Waals surface area (Å²) >= 11 is 3.48. The highest BCUT2D eigenvalue weighted by molar-refractivity contribution is 7.99. The lowest BCUT2D eigenvalue weighted by Gasteiger charge is -1.97. The minimum absolute atomic E-state index is 0.722. The van der Waals surface area contributed by atoms with Crippen LogP contribution in [0.15, 0.2) is 40.4 Å². The number of H-pyrrole nitrogens is 1. The van der Waals surface area contributed by atoms with Crippen molar-refractivity contribution in [2.24, 2.45) is 5.73 Å². The fraction of sp³-hybridized carbons (Fsp3) is 0.308. The second-order valence-electron chi connectivity index (χ2n) is 3.87. The standard InChI is InChI=1S/C13H17N3S2/c1-10-12(9-17-8-7-14)16-13(15-10)18-11-5-3-2-4-6-11/h2-6H,7-9,14H2,1H3,(H,15,16). The van der Waals surface area contributed by atoms with Crippen LogP contribution in [0.25, 0.3) is 0 Å². The molecule has 0 unspecified atom stereocenters. The molecule has 1 aromatic carbocycles. The van der Waals surface area contributed by atoms with E-state index in [1.807, 2.05) is 30.0 Å². The predicted molar refractivity (Wildman–Crippen MR) is 79.1 cm³/mol. The number of nitrogens with zero attached hydrogens (tertiary/aromatic N) is 1. The minimum Gasteiger partial charge on any atom is -0.337 e. The molecule has 3 N–H and O–H groups in total. The van der Waals surface area contributed by atoms with Crippen LogP contribution in [0.3, 0.4) is 0 Å². The summed E-state index contributed by atoms with van der Waals surface area (Å²) in [5.74, 6) is 1.91. The van der Waals surface area contributed by atoms with E-state index in [-0.39, 0.29) is 0 Å². The molecule has 0 fully saturated rings. The fourth-order valence-electron chi connectivity index (χ4n) is 1.51. The molecule has 0 aliphatic heterocycles. The van der Waals surface area contributed by atoms with Gasteiger partial charge >= 0.3 is 0 Å². The lowest BCUT2D eigenvalue weighted by molar-refractivity contribution is 1.03. The summed E-state index contributed by atoms with van der Waals surface area (Å²) < 4.78 is 0. The van der Waals surface area contributed by atoms with Crippen LogP contribution in [0, 0.1) is 6.92 Å². The van der Waals surface area contributed by atoms with Crippen LogP contribution in [0.5, 0.6) is 0 Å². The highest BCUT2D eigenvalue weighted by atomic mass is 32.2. The van der Waals surface area contributed by atoms with Crippen molar-refractivity contribution in [3.8, 4) is 0 Å². The first-order chi connectivity index (χ1) is 8.79. The van der Waals surface area contributed by atoms with Gasteiger partial charge in [-0.25, -0.2) is 4.98 Å². The smallest absolute Gasteiger partial charge is 0.170 e. The molecule has 1 aromatic heterocycles. The SMILES string of the molecule is Cc1[nH]c(Sc2ccccc2)nc1CSCCN. The molecule has 0 saturated heterocycles. The Balaban J connectivity index is 2.00. The first-order valence-electron chi connectivity index (χ1n) is 5.86. The molecule has 0 atom stereocenters. The van der Waals surface area contributed by atoms with Gasteiger partial charge in [0.25, 0.3) is 0 Å². The van der Waals surface area contributed by atoms with E-state index in [1.165, 1.54) is 4.90 Å². The van der Waals surface area contributed by atoms with Gasteiger partial charge in [0.2, 0.25) is 0 Å². The number of aromatic nitrogens is 2. The van der Waals surface area contributed by atoms with E-state index >= 15 is 0 Å². The monoisotopic (exact) mass is 279 g/mol. The van der Waals surface area contributed by atoms with Crippen molar-refractivity contribution in [1.29, 1.82) is 0 Å². The van der Waals surface area contributed by atoms with Gasteiger partial charge in [0, 0.05) is 28.6 Å². The third kappa shape index (κ3) is 3.80. The molecule has 0 spiro atoms. The number of nitrogens with one attached hydrogen (secondary N) is 1. The Labute approximate surface area is 116 Å². The Morgan fingerprint density at radius 2 is 2.06 bits per heavy atom. The lowest BCUT2D eigenvalue weighted by Crippen LogP contribution is -2.01. The van der Waals surface area contributed by atoms with Crippen LogP contribution in [-0.2, 0) is 5.75 Å². The van der Waals surface area contributed by atoms with Gasteiger partial charge in [-0.3, -0.25) is 0 Å². The summed E-state index contributed by atoms with van der Waals surface area (Å²) in [6, 6.07) is 10.3. The molecule has 0 bridgehead atoms. The van der Waals surface area contributed by atoms with Gasteiger partial charge in [-0.15, -0.1) is 0 Å². The highest BCUT2D eigenvalue weighted by Crippen LogP contribution is 2.26. The summed E-state index contributed by atoms with van der Waals surface area (Å²) in [5.41, 5.74) is 7.77. The van der Waals surface area contributed by atoms with E-state index in [1.54, 1.807) is 11.8 Å². The van der Waals surface area contributed by atoms with E-state index < -0.39 is 0 Å². The third-order valence-corrected chi connectivity index (χ3v) is 4.32. The second kappa shape index (κ2) is 6.87. The van der Waals surface area contributed by atoms with Crippen LogP contribution in [0.2, 0.25) is 0 Å². The second-order valence-corrected chi connectivity index (χ2v) is 6.04. The van der Waals surface area contributed by atoms with Crippen molar-refractivity contribution in [3.05, 3.63) is 41.7 Å². The third-order valence-electron chi connectivity index (χ3n) is 2.42. The number of rotatable bonds is 6. The molecule has 5 heteroatoms. The molecular formula is C13H17N3S2. The quantitative estimate of drug-likeness (QED) is 0.798. The molecule has 96 valence electrons. The molecule has 3 nitrogen and oxygen atoms in total. The Morgan fingerprint density at radius 3 is 2.78 bits per heavy atom. The van der Waals surface area contributed by atoms with Crippen LogP contribution in [-0.4, -0.2) is 22.3 Å². The first kappa shape index (κ1) is 13.5. The Morgan fingerprint density at radius 1 is 1.28 bits per heavy atom. The average Bonchev–Trinajstić information content (AvgIpc) is 2.71. The molecule has 18 heavy (non-hydrogen) atoms. The van der Waals surface area contributed by atoms with Crippen molar-refractivity contribution in [3.63, 3.8) is 0 Å². The van der Waals surface area contributed by atoms with Crippen molar-refractivity contribution in [2.45, 2.75) is 22.7 Å². The number of aromatic amines is 1. The summed E-state index contributed by atoms with van der Waals surface area (Å²) in [7, 11) is 0. The number of imidazole rings is 1.